The second-order valence-electron chi connectivity index (χ2n) is 7.32. The summed E-state index contributed by atoms with van der Waals surface area (Å²) in [5.41, 5.74) is 2.95. The van der Waals surface area contributed by atoms with Gasteiger partial charge in [-0.3, -0.25) is 4.90 Å². The lowest BCUT2D eigenvalue weighted by Gasteiger charge is -2.35. The van der Waals surface area contributed by atoms with Gasteiger partial charge in [0.15, 0.2) is 0 Å². The fourth-order valence-electron chi connectivity index (χ4n) is 4.08. The van der Waals surface area contributed by atoms with Gasteiger partial charge in [0.1, 0.15) is 11.6 Å². The molecule has 2 aliphatic rings. The van der Waals surface area contributed by atoms with E-state index in [1.54, 1.807) is 0 Å². The SMILES string of the molecule is c1ccc(N2CCN(CCCCOc3cccc4c3CCC4)CC2)nc1. The first kappa shape index (κ1) is 17.3. The van der Waals surface area contributed by atoms with E-state index in [0.29, 0.717) is 0 Å². The van der Waals surface area contributed by atoms with E-state index >= 15 is 0 Å². The van der Waals surface area contributed by atoms with E-state index in [1.807, 2.05) is 12.3 Å². The Morgan fingerprint density at radius 2 is 1.85 bits per heavy atom. The average molecular weight is 351 g/mol. The van der Waals surface area contributed by atoms with Crippen molar-refractivity contribution in [3.8, 4) is 5.75 Å². The van der Waals surface area contributed by atoms with Crippen molar-refractivity contribution in [2.75, 3.05) is 44.2 Å². The smallest absolute Gasteiger partial charge is 0.128 e. The van der Waals surface area contributed by atoms with E-state index in [1.165, 1.54) is 43.4 Å². The lowest BCUT2D eigenvalue weighted by Crippen LogP contribution is -2.46. The molecule has 1 saturated heterocycles. The van der Waals surface area contributed by atoms with Gasteiger partial charge in [-0.05, 0) is 68.0 Å². The Morgan fingerprint density at radius 3 is 2.69 bits per heavy atom. The summed E-state index contributed by atoms with van der Waals surface area (Å²) in [6.45, 7) is 6.41. The van der Waals surface area contributed by atoms with Gasteiger partial charge in [0, 0.05) is 32.4 Å². The first-order chi connectivity index (χ1) is 12.9. The highest BCUT2D eigenvalue weighted by molar-refractivity contribution is 5.43. The summed E-state index contributed by atoms with van der Waals surface area (Å²) in [6, 6.07) is 12.7. The Labute approximate surface area is 156 Å². The van der Waals surface area contributed by atoms with Crippen LogP contribution < -0.4 is 9.64 Å². The summed E-state index contributed by atoms with van der Waals surface area (Å²) >= 11 is 0. The molecule has 4 nitrogen and oxygen atoms in total. The second kappa shape index (κ2) is 8.54. The van der Waals surface area contributed by atoms with E-state index in [2.05, 4.69) is 45.1 Å². The number of ether oxygens (including phenoxy) is 1. The second-order valence-corrected chi connectivity index (χ2v) is 7.32. The maximum atomic E-state index is 6.08. The van der Waals surface area contributed by atoms with Crippen LogP contribution >= 0.6 is 0 Å². The predicted molar refractivity (Wildman–Crippen MR) is 106 cm³/mol. The number of aryl methyl sites for hydroxylation is 1. The van der Waals surface area contributed by atoms with Crippen LogP contribution in [0.2, 0.25) is 0 Å². The summed E-state index contributed by atoms with van der Waals surface area (Å²) in [5, 5.41) is 0. The molecule has 26 heavy (non-hydrogen) atoms. The molecule has 138 valence electrons. The number of hydrogen-bond acceptors (Lipinski definition) is 4. The number of fused-ring (bicyclic) bond motifs is 1. The van der Waals surface area contributed by atoms with Crippen LogP contribution in [0.4, 0.5) is 5.82 Å². The molecule has 1 fully saturated rings. The van der Waals surface area contributed by atoms with E-state index < -0.39 is 0 Å². The third-order valence-electron chi connectivity index (χ3n) is 5.57. The van der Waals surface area contributed by atoms with Crippen LogP contribution in [0.15, 0.2) is 42.6 Å². The number of aromatic nitrogens is 1. The first-order valence-electron chi connectivity index (χ1n) is 10.0. The van der Waals surface area contributed by atoms with E-state index in [4.69, 9.17) is 4.74 Å². The highest BCUT2D eigenvalue weighted by Gasteiger charge is 2.17. The topological polar surface area (TPSA) is 28.6 Å². The van der Waals surface area contributed by atoms with E-state index in [9.17, 15) is 0 Å². The molecule has 4 rings (SSSR count). The van der Waals surface area contributed by atoms with Crippen LogP contribution in [0.25, 0.3) is 0 Å². The average Bonchev–Trinajstić information content (AvgIpc) is 3.19. The molecule has 0 spiro atoms. The highest BCUT2D eigenvalue weighted by atomic mass is 16.5. The Balaban J connectivity index is 1.14. The van der Waals surface area contributed by atoms with Gasteiger partial charge in [-0.25, -0.2) is 4.98 Å². The van der Waals surface area contributed by atoms with Crippen molar-refractivity contribution < 1.29 is 4.74 Å². The standard InChI is InChI=1S/C22H29N3O/c1-2-12-23-22(11-1)25-16-14-24(15-17-25)13-3-4-18-26-21-10-6-8-19-7-5-9-20(19)21/h1-2,6,8,10-12H,3-5,7,9,13-18H2. The van der Waals surface area contributed by atoms with Crippen molar-refractivity contribution in [1.82, 2.24) is 9.88 Å². The minimum absolute atomic E-state index is 0.838. The van der Waals surface area contributed by atoms with Crippen molar-refractivity contribution >= 4 is 5.82 Å². The molecule has 0 bridgehead atoms. The fourth-order valence-corrected chi connectivity index (χ4v) is 4.08. The minimum atomic E-state index is 0.838. The fraction of sp³-hybridized carbons (Fsp3) is 0.500. The lowest BCUT2D eigenvalue weighted by molar-refractivity contribution is 0.238. The zero-order chi connectivity index (χ0) is 17.6. The first-order valence-corrected chi connectivity index (χ1v) is 10.0. The molecule has 1 aliphatic carbocycles. The molecule has 2 aromatic rings. The Morgan fingerprint density at radius 1 is 0.923 bits per heavy atom. The number of nitrogens with zero attached hydrogens (tertiary/aromatic N) is 3. The molecule has 0 radical (unpaired) electrons. The molecule has 0 saturated carbocycles. The van der Waals surface area contributed by atoms with Crippen LogP contribution in [0.5, 0.6) is 5.75 Å². The molecular weight excluding hydrogens is 322 g/mol. The van der Waals surface area contributed by atoms with Gasteiger partial charge in [0.2, 0.25) is 0 Å². The monoisotopic (exact) mass is 351 g/mol. The van der Waals surface area contributed by atoms with Gasteiger partial charge in [-0.1, -0.05) is 18.2 Å². The third kappa shape index (κ3) is 4.18. The molecule has 2 heterocycles. The van der Waals surface area contributed by atoms with Gasteiger partial charge in [0.25, 0.3) is 0 Å². The minimum Gasteiger partial charge on any atom is -0.493 e. The summed E-state index contributed by atoms with van der Waals surface area (Å²) in [4.78, 5) is 9.41. The van der Waals surface area contributed by atoms with Crippen molar-refractivity contribution in [3.63, 3.8) is 0 Å². The molecule has 0 N–H and O–H groups in total. The van der Waals surface area contributed by atoms with Crippen molar-refractivity contribution in [1.29, 1.82) is 0 Å². The predicted octanol–water partition coefficient (Wildman–Crippen LogP) is 3.55. The van der Waals surface area contributed by atoms with Crippen LogP contribution in [0.1, 0.15) is 30.4 Å². The molecule has 1 aliphatic heterocycles. The summed E-state index contributed by atoms with van der Waals surface area (Å²) in [5.74, 6) is 2.24. The number of piperazine rings is 1. The van der Waals surface area contributed by atoms with Gasteiger partial charge < -0.3 is 9.64 Å². The number of pyridine rings is 1. The Hall–Kier alpha value is -2.07. The van der Waals surface area contributed by atoms with Gasteiger partial charge in [-0.15, -0.1) is 0 Å². The summed E-state index contributed by atoms with van der Waals surface area (Å²) in [6.07, 6.45) is 7.90. The molecule has 0 atom stereocenters. The number of benzene rings is 1. The number of hydrogen-bond donors (Lipinski definition) is 0. The van der Waals surface area contributed by atoms with Crippen LogP contribution in [-0.2, 0) is 12.8 Å². The van der Waals surface area contributed by atoms with Crippen LogP contribution in [-0.4, -0.2) is 49.2 Å². The summed E-state index contributed by atoms with van der Waals surface area (Å²) in [7, 11) is 0. The molecule has 1 aromatic heterocycles. The Bertz CT molecular complexity index is 696. The Kier molecular flexibility index (Phi) is 5.70. The van der Waals surface area contributed by atoms with E-state index in [-0.39, 0.29) is 0 Å². The van der Waals surface area contributed by atoms with Crippen molar-refractivity contribution in [3.05, 3.63) is 53.7 Å². The zero-order valence-corrected chi connectivity index (χ0v) is 15.6. The van der Waals surface area contributed by atoms with Crippen LogP contribution in [0, 0.1) is 0 Å². The number of unbranched alkanes of at least 4 members (excludes halogenated alkanes) is 1. The van der Waals surface area contributed by atoms with Gasteiger partial charge >= 0.3 is 0 Å². The van der Waals surface area contributed by atoms with Gasteiger partial charge in [0.05, 0.1) is 6.61 Å². The van der Waals surface area contributed by atoms with E-state index in [0.717, 1.165) is 50.8 Å². The zero-order valence-electron chi connectivity index (χ0n) is 15.6. The highest BCUT2D eigenvalue weighted by Crippen LogP contribution is 2.30. The van der Waals surface area contributed by atoms with Gasteiger partial charge in [-0.2, -0.15) is 0 Å². The molecule has 4 heteroatoms. The quantitative estimate of drug-likeness (QED) is 0.713. The molecule has 0 unspecified atom stereocenters. The number of anilines is 1. The molecular formula is C22H29N3O. The maximum Gasteiger partial charge on any atom is 0.128 e. The summed E-state index contributed by atoms with van der Waals surface area (Å²) < 4.78 is 6.08. The van der Waals surface area contributed by atoms with Crippen molar-refractivity contribution in [2.45, 2.75) is 32.1 Å². The number of rotatable bonds is 7. The maximum absolute atomic E-state index is 6.08. The van der Waals surface area contributed by atoms with Crippen molar-refractivity contribution in [2.24, 2.45) is 0 Å². The largest absolute Gasteiger partial charge is 0.493 e. The lowest BCUT2D eigenvalue weighted by atomic mass is 10.1. The molecule has 1 aromatic carbocycles. The van der Waals surface area contributed by atoms with Crippen LogP contribution in [0.3, 0.4) is 0 Å². The third-order valence-corrected chi connectivity index (χ3v) is 5.57. The molecule has 0 amide bonds. The normalized spacial score (nSPS) is 17.3.